The van der Waals surface area contributed by atoms with Crippen LogP contribution < -0.4 is 0 Å². The molecular weight excluding hydrogens is 302 g/mol. The molecule has 25 heavy (non-hydrogen) atoms. The van der Waals surface area contributed by atoms with Crippen LogP contribution in [0.5, 0.6) is 0 Å². The molecule has 4 aromatic rings. The molecule has 0 aliphatic carbocycles. The van der Waals surface area contributed by atoms with Crippen LogP contribution in [0, 0.1) is 6.92 Å². The first-order valence-corrected chi connectivity index (χ1v) is 8.50. The van der Waals surface area contributed by atoms with Crippen molar-refractivity contribution >= 4 is 0 Å². The van der Waals surface area contributed by atoms with E-state index in [9.17, 15) is 0 Å². The van der Waals surface area contributed by atoms with Crippen LogP contribution in [-0.2, 0) is 0 Å². The minimum atomic E-state index is 1.03. The summed E-state index contributed by atoms with van der Waals surface area (Å²) in [5.74, 6) is 0. The number of hydrogen-bond donors (Lipinski definition) is 0. The van der Waals surface area contributed by atoms with Crippen molar-refractivity contribution < 1.29 is 0 Å². The quantitative estimate of drug-likeness (QED) is 0.426. The fraction of sp³-hybridized carbons (Fsp3) is 0.0417. The molecule has 0 saturated carbocycles. The third-order valence-electron chi connectivity index (χ3n) is 4.53. The smallest absolute Gasteiger partial charge is 0.0783 e. The van der Waals surface area contributed by atoms with Gasteiger partial charge in [-0.3, -0.25) is 4.98 Å². The average Bonchev–Trinajstić information content (AvgIpc) is 2.70. The van der Waals surface area contributed by atoms with E-state index in [4.69, 9.17) is 4.98 Å². The second-order valence-corrected chi connectivity index (χ2v) is 6.12. The number of hydrogen-bond acceptors (Lipinski definition) is 1. The van der Waals surface area contributed by atoms with Gasteiger partial charge in [-0.2, -0.15) is 0 Å². The largest absolute Gasteiger partial charge is 0.255 e. The Morgan fingerprint density at radius 3 is 1.60 bits per heavy atom. The molecule has 0 unspecified atom stereocenters. The van der Waals surface area contributed by atoms with E-state index >= 15 is 0 Å². The van der Waals surface area contributed by atoms with E-state index in [1.54, 1.807) is 0 Å². The lowest BCUT2D eigenvalue weighted by atomic mass is 9.91. The Kier molecular flexibility index (Phi) is 4.14. The molecule has 0 radical (unpaired) electrons. The lowest BCUT2D eigenvalue weighted by Gasteiger charge is -2.16. The maximum absolute atomic E-state index is 4.86. The molecule has 1 heteroatoms. The highest BCUT2D eigenvalue weighted by Gasteiger charge is 2.15. The molecular formula is C24H19N. The van der Waals surface area contributed by atoms with Crippen molar-refractivity contribution in [2.24, 2.45) is 0 Å². The van der Waals surface area contributed by atoms with Crippen molar-refractivity contribution in [1.82, 2.24) is 4.98 Å². The minimum Gasteiger partial charge on any atom is -0.255 e. The van der Waals surface area contributed by atoms with E-state index in [0.29, 0.717) is 0 Å². The standard InChI is InChI=1S/C24H19N/c1-18-22(19-11-5-2-6-12-19)17-25-24(21-15-9-4-10-16-21)23(18)20-13-7-3-8-14-20/h2-17H,1H3. The summed E-state index contributed by atoms with van der Waals surface area (Å²) in [5.41, 5.74) is 8.21. The Morgan fingerprint density at radius 2 is 1.04 bits per heavy atom. The molecule has 3 aromatic carbocycles. The van der Waals surface area contributed by atoms with Crippen LogP contribution in [0.1, 0.15) is 5.56 Å². The van der Waals surface area contributed by atoms with Crippen LogP contribution in [-0.4, -0.2) is 4.98 Å². The molecule has 1 aromatic heterocycles. The SMILES string of the molecule is Cc1c(-c2ccccc2)cnc(-c2ccccc2)c1-c1ccccc1. The van der Waals surface area contributed by atoms with Gasteiger partial charge in [0.2, 0.25) is 0 Å². The normalized spacial score (nSPS) is 10.6. The highest BCUT2D eigenvalue weighted by molar-refractivity contribution is 5.87. The summed E-state index contributed by atoms with van der Waals surface area (Å²) < 4.78 is 0. The summed E-state index contributed by atoms with van der Waals surface area (Å²) in [7, 11) is 0. The van der Waals surface area contributed by atoms with E-state index in [2.05, 4.69) is 85.8 Å². The first-order chi connectivity index (χ1) is 12.3. The molecule has 0 aliphatic heterocycles. The molecule has 0 N–H and O–H groups in total. The van der Waals surface area contributed by atoms with Gasteiger partial charge in [-0.15, -0.1) is 0 Å². The Hall–Kier alpha value is -3.19. The zero-order valence-electron chi connectivity index (χ0n) is 14.2. The van der Waals surface area contributed by atoms with Gasteiger partial charge in [0, 0.05) is 22.9 Å². The molecule has 1 heterocycles. The van der Waals surface area contributed by atoms with Crippen LogP contribution >= 0.6 is 0 Å². The summed E-state index contributed by atoms with van der Waals surface area (Å²) in [6.07, 6.45) is 2.00. The first kappa shape index (κ1) is 15.3. The Bertz CT molecular complexity index is 974. The molecule has 0 fully saturated rings. The van der Waals surface area contributed by atoms with Gasteiger partial charge in [0.1, 0.15) is 0 Å². The van der Waals surface area contributed by atoms with E-state index < -0.39 is 0 Å². The fourth-order valence-corrected chi connectivity index (χ4v) is 3.28. The number of aromatic nitrogens is 1. The van der Waals surface area contributed by atoms with E-state index in [1.165, 1.54) is 27.8 Å². The molecule has 4 rings (SSSR count). The van der Waals surface area contributed by atoms with Gasteiger partial charge < -0.3 is 0 Å². The number of benzene rings is 3. The van der Waals surface area contributed by atoms with Crippen molar-refractivity contribution in [1.29, 1.82) is 0 Å². The monoisotopic (exact) mass is 321 g/mol. The van der Waals surface area contributed by atoms with Crippen molar-refractivity contribution in [2.75, 3.05) is 0 Å². The Labute approximate surface area is 148 Å². The van der Waals surface area contributed by atoms with Gasteiger partial charge in [-0.25, -0.2) is 0 Å². The van der Waals surface area contributed by atoms with Crippen molar-refractivity contribution in [3.8, 4) is 33.5 Å². The molecule has 1 nitrogen and oxygen atoms in total. The van der Waals surface area contributed by atoms with Crippen LogP contribution in [0.4, 0.5) is 0 Å². The highest BCUT2D eigenvalue weighted by Crippen LogP contribution is 2.37. The van der Waals surface area contributed by atoms with E-state index in [0.717, 1.165) is 11.3 Å². The maximum atomic E-state index is 4.86. The van der Waals surface area contributed by atoms with Crippen molar-refractivity contribution in [2.45, 2.75) is 6.92 Å². The van der Waals surface area contributed by atoms with Crippen molar-refractivity contribution in [3.05, 3.63) is 103 Å². The summed E-state index contributed by atoms with van der Waals surface area (Å²) in [4.78, 5) is 4.86. The van der Waals surface area contributed by atoms with E-state index in [1.807, 2.05) is 18.3 Å². The predicted molar refractivity (Wildman–Crippen MR) is 105 cm³/mol. The van der Waals surface area contributed by atoms with Crippen molar-refractivity contribution in [3.63, 3.8) is 0 Å². The summed E-state index contributed by atoms with van der Waals surface area (Å²) in [5, 5.41) is 0. The fourth-order valence-electron chi connectivity index (χ4n) is 3.28. The Morgan fingerprint density at radius 1 is 0.560 bits per heavy atom. The zero-order valence-corrected chi connectivity index (χ0v) is 14.2. The van der Waals surface area contributed by atoms with Gasteiger partial charge in [-0.1, -0.05) is 91.0 Å². The molecule has 0 spiro atoms. The van der Waals surface area contributed by atoms with E-state index in [-0.39, 0.29) is 0 Å². The lowest BCUT2D eigenvalue weighted by molar-refractivity contribution is 1.29. The van der Waals surface area contributed by atoms with Gasteiger partial charge in [-0.05, 0) is 23.6 Å². The molecule has 120 valence electrons. The third kappa shape index (κ3) is 2.97. The summed E-state index contributed by atoms with van der Waals surface area (Å²) in [6, 6.07) is 31.4. The third-order valence-corrected chi connectivity index (χ3v) is 4.53. The summed E-state index contributed by atoms with van der Waals surface area (Å²) >= 11 is 0. The zero-order chi connectivity index (χ0) is 17.1. The summed E-state index contributed by atoms with van der Waals surface area (Å²) in [6.45, 7) is 2.19. The van der Waals surface area contributed by atoms with Crippen LogP contribution in [0.2, 0.25) is 0 Å². The van der Waals surface area contributed by atoms with Gasteiger partial charge in [0.15, 0.2) is 0 Å². The minimum absolute atomic E-state index is 1.03. The maximum Gasteiger partial charge on any atom is 0.0783 e. The Balaban J connectivity index is 2.00. The molecule has 0 atom stereocenters. The molecule has 0 bridgehead atoms. The second-order valence-electron chi connectivity index (χ2n) is 6.12. The number of rotatable bonds is 3. The lowest BCUT2D eigenvalue weighted by Crippen LogP contribution is -1.96. The molecule has 0 saturated heterocycles. The van der Waals surface area contributed by atoms with Crippen LogP contribution in [0.15, 0.2) is 97.2 Å². The topological polar surface area (TPSA) is 12.9 Å². The van der Waals surface area contributed by atoms with Gasteiger partial charge in [0.25, 0.3) is 0 Å². The van der Waals surface area contributed by atoms with Gasteiger partial charge in [0.05, 0.1) is 5.69 Å². The average molecular weight is 321 g/mol. The molecule has 0 amide bonds. The highest BCUT2D eigenvalue weighted by atomic mass is 14.7. The number of nitrogens with zero attached hydrogens (tertiary/aromatic N) is 1. The van der Waals surface area contributed by atoms with Crippen LogP contribution in [0.25, 0.3) is 33.5 Å². The van der Waals surface area contributed by atoms with Gasteiger partial charge >= 0.3 is 0 Å². The molecule has 0 aliphatic rings. The van der Waals surface area contributed by atoms with Crippen LogP contribution in [0.3, 0.4) is 0 Å². The predicted octanol–water partition coefficient (Wildman–Crippen LogP) is 6.39. The number of pyridine rings is 1. The first-order valence-electron chi connectivity index (χ1n) is 8.50. The second kappa shape index (κ2) is 6.74.